The van der Waals surface area contributed by atoms with Crippen LogP contribution >= 0.6 is 0 Å². The van der Waals surface area contributed by atoms with Gasteiger partial charge in [-0.1, -0.05) is 20.8 Å². The SMILES string of the molecule is COc1ccc(F)cc1C(=O)C(O)C(C)(C)C. The van der Waals surface area contributed by atoms with E-state index < -0.39 is 23.1 Å². The Hall–Kier alpha value is -1.42. The fraction of sp³-hybridized carbons (Fsp3) is 0.462. The Kier molecular flexibility index (Phi) is 3.88. The quantitative estimate of drug-likeness (QED) is 0.825. The number of hydrogen-bond donors (Lipinski definition) is 1. The van der Waals surface area contributed by atoms with Crippen LogP contribution in [0, 0.1) is 11.2 Å². The van der Waals surface area contributed by atoms with E-state index in [0.29, 0.717) is 0 Å². The second-order valence-corrected chi connectivity index (χ2v) is 4.98. The number of carbonyl (C=O) groups excluding carboxylic acids is 1. The molecule has 0 saturated heterocycles. The molecule has 0 aliphatic rings. The minimum Gasteiger partial charge on any atom is -0.496 e. The number of aliphatic hydroxyl groups excluding tert-OH is 1. The topological polar surface area (TPSA) is 46.5 Å². The Morgan fingerprint density at radius 2 is 2.00 bits per heavy atom. The van der Waals surface area contributed by atoms with Crippen molar-refractivity contribution in [1.29, 1.82) is 0 Å². The van der Waals surface area contributed by atoms with Crippen LogP contribution in [0.1, 0.15) is 31.1 Å². The monoisotopic (exact) mass is 240 g/mol. The van der Waals surface area contributed by atoms with Crippen LogP contribution in [0.15, 0.2) is 18.2 Å². The van der Waals surface area contributed by atoms with Gasteiger partial charge in [0.05, 0.1) is 12.7 Å². The van der Waals surface area contributed by atoms with Gasteiger partial charge in [-0.15, -0.1) is 0 Å². The number of ether oxygens (including phenoxy) is 1. The summed E-state index contributed by atoms with van der Waals surface area (Å²) in [6.45, 7) is 5.21. The van der Waals surface area contributed by atoms with E-state index >= 15 is 0 Å². The third-order valence-corrected chi connectivity index (χ3v) is 2.50. The molecule has 1 rings (SSSR count). The molecule has 1 atom stereocenters. The Morgan fingerprint density at radius 1 is 1.41 bits per heavy atom. The molecule has 0 heterocycles. The van der Waals surface area contributed by atoms with E-state index in [1.807, 2.05) is 0 Å². The first-order valence-electron chi connectivity index (χ1n) is 5.33. The zero-order chi connectivity index (χ0) is 13.2. The lowest BCUT2D eigenvalue weighted by molar-refractivity contribution is 0.0439. The van der Waals surface area contributed by atoms with Crippen LogP contribution in [0.3, 0.4) is 0 Å². The number of halogens is 1. The summed E-state index contributed by atoms with van der Waals surface area (Å²) in [5.41, 5.74) is -0.538. The summed E-state index contributed by atoms with van der Waals surface area (Å²) >= 11 is 0. The molecule has 0 bridgehead atoms. The molecule has 94 valence electrons. The summed E-state index contributed by atoms with van der Waals surface area (Å²) in [4.78, 5) is 12.0. The Bertz CT molecular complexity index is 421. The van der Waals surface area contributed by atoms with Crippen molar-refractivity contribution in [3.8, 4) is 5.75 Å². The number of methoxy groups -OCH3 is 1. The van der Waals surface area contributed by atoms with Crippen LogP contribution in [0.5, 0.6) is 5.75 Å². The molecule has 1 N–H and O–H groups in total. The normalized spacial score (nSPS) is 13.3. The van der Waals surface area contributed by atoms with Crippen molar-refractivity contribution >= 4 is 5.78 Å². The van der Waals surface area contributed by atoms with E-state index in [1.54, 1.807) is 20.8 Å². The molecule has 0 amide bonds. The zero-order valence-electron chi connectivity index (χ0n) is 10.5. The number of rotatable bonds is 3. The van der Waals surface area contributed by atoms with Crippen molar-refractivity contribution in [3.63, 3.8) is 0 Å². The van der Waals surface area contributed by atoms with Gasteiger partial charge in [0, 0.05) is 0 Å². The molecule has 0 spiro atoms. The smallest absolute Gasteiger partial charge is 0.195 e. The number of Topliss-reactive ketones (excluding diaryl/α,β-unsaturated/α-hetero) is 1. The number of carbonyl (C=O) groups is 1. The third kappa shape index (κ3) is 3.03. The highest BCUT2D eigenvalue weighted by atomic mass is 19.1. The third-order valence-electron chi connectivity index (χ3n) is 2.50. The number of benzene rings is 1. The first kappa shape index (κ1) is 13.6. The van der Waals surface area contributed by atoms with E-state index in [2.05, 4.69) is 0 Å². The van der Waals surface area contributed by atoms with Crippen LogP contribution in [-0.4, -0.2) is 24.1 Å². The van der Waals surface area contributed by atoms with Crippen molar-refractivity contribution in [3.05, 3.63) is 29.6 Å². The van der Waals surface area contributed by atoms with Gasteiger partial charge < -0.3 is 9.84 Å². The lowest BCUT2D eigenvalue weighted by Gasteiger charge is -2.25. The van der Waals surface area contributed by atoms with Crippen LogP contribution in [-0.2, 0) is 0 Å². The van der Waals surface area contributed by atoms with E-state index in [4.69, 9.17) is 4.74 Å². The Morgan fingerprint density at radius 3 is 2.47 bits per heavy atom. The summed E-state index contributed by atoms with van der Waals surface area (Å²) in [6.07, 6.45) is -1.20. The van der Waals surface area contributed by atoms with Gasteiger partial charge in [0.15, 0.2) is 5.78 Å². The molecule has 0 saturated carbocycles. The second-order valence-electron chi connectivity index (χ2n) is 4.98. The lowest BCUT2D eigenvalue weighted by atomic mass is 9.84. The summed E-state index contributed by atoms with van der Waals surface area (Å²) in [5, 5.41) is 9.89. The van der Waals surface area contributed by atoms with E-state index in [9.17, 15) is 14.3 Å². The molecule has 17 heavy (non-hydrogen) atoms. The van der Waals surface area contributed by atoms with Crippen molar-refractivity contribution in [1.82, 2.24) is 0 Å². The molecule has 1 aromatic carbocycles. The van der Waals surface area contributed by atoms with Crippen molar-refractivity contribution in [2.24, 2.45) is 5.41 Å². The minimum atomic E-state index is -1.20. The van der Waals surface area contributed by atoms with Crippen LogP contribution in [0.4, 0.5) is 4.39 Å². The fourth-order valence-corrected chi connectivity index (χ4v) is 1.41. The average molecular weight is 240 g/mol. The van der Waals surface area contributed by atoms with Gasteiger partial charge in [-0.25, -0.2) is 4.39 Å². The summed E-state index contributed by atoms with van der Waals surface area (Å²) in [6, 6.07) is 3.66. The highest BCUT2D eigenvalue weighted by molar-refractivity contribution is 6.02. The van der Waals surface area contributed by atoms with E-state index in [1.165, 1.54) is 19.2 Å². The predicted octanol–water partition coefficient (Wildman–Crippen LogP) is 2.42. The molecule has 1 unspecified atom stereocenters. The highest BCUT2D eigenvalue weighted by Gasteiger charge is 2.31. The largest absolute Gasteiger partial charge is 0.496 e. The molecule has 3 nitrogen and oxygen atoms in total. The van der Waals surface area contributed by atoms with Crippen molar-refractivity contribution in [2.75, 3.05) is 7.11 Å². The van der Waals surface area contributed by atoms with Gasteiger partial charge >= 0.3 is 0 Å². The van der Waals surface area contributed by atoms with Gasteiger partial charge in [0.2, 0.25) is 0 Å². The van der Waals surface area contributed by atoms with E-state index in [0.717, 1.165) is 6.07 Å². The van der Waals surface area contributed by atoms with Gasteiger partial charge in [-0.2, -0.15) is 0 Å². The molecule has 0 aliphatic carbocycles. The fourth-order valence-electron chi connectivity index (χ4n) is 1.41. The number of ketones is 1. The van der Waals surface area contributed by atoms with Crippen LogP contribution < -0.4 is 4.74 Å². The second kappa shape index (κ2) is 4.84. The summed E-state index contributed by atoms with van der Waals surface area (Å²) in [5.74, 6) is -0.802. The maximum absolute atomic E-state index is 13.1. The maximum atomic E-state index is 13.1. The average Bonchev–Trinajstić information content (AvgIpc) is 2.25. The standard InChI is InChI=1S/C13H17FO3/c1-13(2,3)12(16)11(15)9-7-8(14)5-6-10(9)17-4/h5-7,12,16H,1-4H3. The van der Waals surface area contributed by atoms with Gasteiger partial charge in [-0.3, -0.25) is 4.79 Å². The van der Waals surface area contributed by atoms with Crippen molar-refractivity contribution in [2.45, 2.75) is 26.9 Å². The predicted molar refractivity (Wildman–Crippen MR) is 62.7 cm³/mol. The number of aliphatic hydroxyl groups is 1. The summed E-state index contributed by atoms with van der Waals surface area (Å²) in [7, 11) is 1.40. The molecule has 0 radical (unpaired) electrons. The van der Waals surface area contributed by atoms with Gasteiger partial charge in [0.25, 0.3) is 0 Å². The molecule has 1 aromatic rings. The maximum Gasteiger partial charge on any atom is 0.195 e. The zero-order valence-corrected chi connectivity index (χ0v) is 10.5. The Labute approximate surface area is 100 Å². The van der Waals surface area contributed by atoms with E-state index in [-0.39, 0.29) is 11.3 Å². The van der Waals surface area contributed by atoms with Gasteiger partial charge in [-0.05, 0) is 23.6 Å². The molecule has 0 aliphatic heterocycles. The molecule has 0 fully saturated rings. The van der Waals surface area contributed by atoms with Crippen LogP contribution in [0.2, 0.25) is 0 Å². The van der Waals surface area contributed by atoms with Gasteiger partial charge in [0.1, 0.15) is 17.7 Å². The lowest BCUT2D eigenvalue weighted by Crippen LogP contribution is -2.34. The molecule has 0 aromatic heterocycles. The summed E-state index contributed by atoms with van der Waals surface area (Å²) < 4.78 is 18.1. The molecular formula is C13H17FO3. The Balaban J connectivity index is 3.16. The molecule has 4 heteroatoms. The first-order chi connectivity index (χ1) is 7.77. The number of hydrogen-bond acceptors (Lipinski definition) is 3. The molecular weight excluding hydrogens is 223 g/mol. The van der Waals surface area contributed by atoms with Crippen molar-refractivity contribution < 1.29 is 19.0 Å². The first-order valence-corrected chi connectivity index (χ1v) is 5.33. The highest BCUT2D eigenvalue weighted by Crippen LogP contribution is 2.27. The van der Waals surface area contributed by atoms with Crippen LogP contribution in [0.25, 0.3) is 0 Å². The minimum absolute atomic E-state index is 0.0647.